The maximum atomic E-state index is 11.4. The van der Waals surface area contributed by atoms with Crippen molar-refractivity contribution in [3.63, 3.8) is 0 Å². The largest absolute Gasteiger partial charge is 0.344 e. The van der Waals surface area contributed by atoms with Gasteiger partial charge in [-0.3, -0.25) is 4.79 Å². The summed E-state index contributed by atoms with van der Waals surface area (Å²) in [5, 5.41) is -0.348. The predicted octanol–water partition coefficient (Wildman–Crippen LogP) is 9.65. The first kappa shape index (κ1) is 29.1. The molecule has 1 aromatic rings. The molecule has 30 heavy (non-hydrogen) atoms. The van der Waals surface area contributed by atoms with Crippen molar-refractivity contribution in [3.8, 4) is 0 Å². The zero-order chi connectivity index (χ0) is 21.3. The summed E-state index contributed by atoms with van der Waals surface area (Å²) in [5.41, 5.74) is 4.30. The van der Waals surface area contributed by atoms with Crippen LogP contribution in [-0.4, -0.2) is 5.24 Å². The van der Waals surface area contributed by atoms with E-state index in [4.69, 9.17) is 11.6 Å². The fourth-order valence-corrected chi connectivity index (χ4v) is 4.43. The van der Waals surface area contributed by atoms with E-state index in [0.717, 1.165) is 12.0 Å². The van der Waals surface area contributed by atoms with Gasteiger partial charge in [0.25, 0.3) is 5.24 Å². The number of carbonyl (C=O) groups is 1. The van der Waals surface area contributed by atoms with Gasteiger partial charge in [-0.05, 0) is 61.0 Å². The van der Waals surface area contributed by atoms with Gasteiger partial charge in [0.1, 0.15) is 0 Å². The minimum Gasteiger partial charge on any atom is -0.344 e. The van der Waals surface area contributed by atoms with Crippen molar-refractivity contribution in [2.24, 2.45) is 0 Å². The smallest absolute Gasteiger partial charge is 0.252 e. The van der Waals surface area contributed by atoms with Gasteiger partial charge in [-0.1, -0.05) is 109 Å². The number of hydrogen-bond acceptors (Lipinski definition) is 2. The third kappa shape index (κ3) is 12.7. The highest BCUT2D eigenvalue weighted by Gasteiger charge is 2.10. The number of aryl methyl sites for hydroxylation is 1. The topological polar surface area (TPSA) is 52.1 Å². The second-order valence-corrected chi connectivity index (χ2v) is 9.19. The third-order valence-electron chi connectivity index (χ3n) is 6.41. The highest BCUT2D eigenvalue weighted by atomic mass is 35.5. The summed E-state index contributed by atoms with van der Waals surface area (Å²) in [6.45, 7) is 6.40. The van der Waals surface area contributed by atoms with Gasteiger partial charge in [0.15, 0.2) is 0 Å². The highest BCUT2D eigenvalue weighted by Crippen LogP contribution is 2.21. The molecule has 0 aliphatic heterocycles. The Kier molecular flexibility index (Phi) is 18.3. The molecule has 0 fully saturated rings. The van der Waals surface area contributed by atoms with Crippen molar-refractivity contribution in [1.82, 2.24) is 6.15 Å². The minimum atomic E-state index is -0.348. The monoisotopic (exact) mass is 437 g/mol. The zero-order valence-corrected chi connectivity index (χ0v) is 20.9. The van der Waals surface area contributed by atoms with Gasteiger partial charge in [-0.2, -0.15) is 0 Å². The van der Waals surface area contributed by atoms with E-state index in [2.05, 4.69) is 19.9 Å². The van der Waals surface area contributed by atoms with Crippen LogP contribution in [-0.2, 0) is 6.42 Å². The van der Waals surface area contributed by atoms with Crippen LogP contribution in [0.3, 0.4) is 0 Å². The first-order valence-electron chi connectivity index (χ1n) is 12.4. The van der Waals surface area contributed by atoms with Gasteiger partial charge in [0.2, 0.25) is 0 Å². The lowest BCUT2D eigenvalue weighted by atomic mass is 9.95. The first-order valence-corrected chi connectivity index (χ1v) is 12.7. The quantitative estimate of drug-likeness (QED) is 0.183. The number of carbonyl (C=O) groups excluding carboxylic acids is 1. The van der Waals surface area contributed by atoms with E-state index in [0.29, 0.717) is 5.56 Å². The van der Waals surface area contributed by atoms with Crippen LogP contribution in [0.15, 0.2) is 12.1 Å². The summed E-state index contributed by atoms with van der Waals surface area (Å²) in [4.78, 5) is 11.4. The fraction of sp³-hybridized carbons (Fsp3) is 0.741. The molecule has 0 unspecified atom stereocenters. The van der Waals surface area contributed by atoms with Gasteiger partial charge < -0.3 is 6.15 Å². The van der Waals surface area contributed by atoms with E-state index >= 15 is 0 Å². The van der Waals surface area contributed by atoms with Crippen LogP contribution >= 0.6 is 11.6 Å². The Morgan fingerprint density at radius 2 is 1.07 bits per heavy atom. The molecule has 0 aromatic heterocycles. The molecule has 0 bridgehead atoms. The summed E-state index contributed by atoms with van der Waals surface area (Å²) in [6.07, 6.45) is 23.6. The number of halogens is 1. The molecule has 0 aliphatic carbocycles. The molecule has 3 heteroatoms. The molecule has 0 saturated carbocycles. The van der Waals surface area contributed by atoms with Gasteiger partial charge in [0, 0.05) is 5.56 Å². The van der Waals surface area contributed by atoms with Crippen molar-refractivity contribution in [1.29, 1.82) is 0 Å². The molecule has 0 amide bonds. The summed E-state index contributed by atoms with van der Waals surface area (Å²) in [5.74, 6) is 0. The second-order valence-electron chi connectivity index (χ2n) is 8.85. The third-order valence-corrected chi connectivity index (χ3v) is 6.61. The van der Waals surface area contributed by atoms with E-state index in [-0.39, 0.29) is 11.4 Å². The van der Waals surface area contributed by atoms with Crippen molar-refractivity contribution < 1.29 is 4.79 Å². The molecule has 1 aromatic carbocycles. The first-order chi connectivity index (χ1) is 14.1. The Morgan fingerprint density at radius 3 is 1.47 bits per heavy atom. The van der Waals surface area contributed by atoms with E-state index < -0.39 is 0 Å². The van der Waals surface area contributed by atoms with Gasteiger partial charge in [0.05, 0.1) is 0 Å². The Balaban J connectivity index is 0.00000841. The Bertz CT molecular complexity index is 570. The maximum absolute atomic E-state index is 11.4. The van der Waals surface area contributed by atoms with Crippen LogP contribution in [0.1, 0.15) is 137 Å². The Morgan fingerprint density at radius 1 is 0.667 bits per heavy atom. The van der Waals surface area contributed by atoms with Gasteiger partial charge >= 0.3 is 0 Å². The molecule has 2 nitrogen and oxygen atoms in total. The van der Waals surface area contributed by atoms with Crippen molar-refractivity contribution in [2.75, 3.05) is 0 Å². The SMILES string of the molecule is CCCCCCCCCCCCCCCCCCc1ccc(C(=O)Cl)c(C)c1C.N. The molecule has 1 rings (SSSR count). The standard InChI is InChI=1S/C27H45ClO.H3N/c1-4-5-6-7-8-9-10-11-12-13-14-15-16-17-18-19-20-25-21-22-26(27(28)29)24(3)23(25)2;/h21-22H,4-20H2,1-3H3;1H3. The van der Waals surface area contributed by atoms with Crippen molar-refractivity contribution in [2.45, 2.75) is 130 Å². The molecule has 0 aliphatic rings. The number of unbranched alkanes of at least 4 members (excludes halogenated alkanes) is 15. The summed E-state index contributed by atoms with van der Waals surface area (Å²) < 4.78 is 0. The number of rotatable bonds is 18. The lowest BCUT2D eigenvalue weighted by Crippen LogP contribution is -2.00. The molecule has 0 saturated heterocycles. The molecular weight excluding hydrogens is 390 g/mol. The molecule has 0 spiro atoms. The average molecular weight is 438 g/mol. The summed E-state index contributed by atoms with van der Waals surface area (Å²) in [6, 6.07) is 3.97. The van der Waals surface area contributed by atoms with Crippen LogP contribution in [0.5, 0.6) is 0 Å². The van der Waals surface area contributed by atoms with E-state index in [1.165, 1.54) is 114 Å². The zero-order valence-electron chi connectivity index (χ0n) is 20.2. The lowest BCUT2D eigenvalue weighted by molar-refractivity contribution is 0.108. The van der Waals surface area contributed by atoms with E-state index in [9.17, 15) is 4.79 Å². The van der Waals surface area contributed by atoms with Gasteiger partial charge in [-0.25, -0.2) is 0 Å². The fourth-order valence-electron chi connectivity index (χ4n) is 4.22. The molecular formula is C27H48ClNO. The Hall–Kier alpha value is -0.860. The Labute approximate surface area is 192 Å². The number of hydrogen-bond donors (Lipinski definition) is 1. The predicted molar refractivity (Wildman–Crippen MR) is 134 cm³/mol. The van der Waals surface area contributed by atoms with Crippen LogP contribution in [0.4, 0.5) is 0 Å². The molecule has 0 heterocycles. The summed E-state index contributed by atoms with van der Waals surface area (Å²) >= 11 is 5.64. The second kappa shape index (κ2) is 18.9. The van der Waals surface area contributed by atoms with E-state index in [1.807, 2.05) is 13.0 Å². The van der Waals surface area contributed by atoms with Crippen LogP contribution < -0.4 is 6.15 Å². The van der Waals surface area contributed by atoms with Crippen LogP contribution in [0.2, 0.25) is 0 Å². The maximum Gasteiger partial charge on any atom is 0.252 e. The molecule has 3 N–H and O–H groups in total. The van der Waals surface area contributed by atoms with Crippen molar-refractivity contribution in [3.05, 3.63) is 34.4 Å². The van der Waals surface area contributed by atoms with E-state index in [1.54, 1.807) is 0 Å². The number of benzene rings is 1. The molecule has 174 valence electrons. The average Bonchev–Trinajstić information content (AvgIpc) is 2.70. The van der Waals surface area contributed by atoms with Crippen LogP contribution in [0.25, 0.3) is 0 Å². The highest BCUT2D eigenvalue weighted by molar-refractivity contribution is 6.67. The van der Waals surface area contributed by atoms with Crippen molar-refractivity contribution >= 4 is 16.8 Å². The normalized spacial score (nSPS) is 10.8. The van der Waals surface area contributed by atoms with Crippen LogP contribution in [0, 0.1) is 13.8 Å². The minimum absolute atomic E-state index is 0. The molecule has 0 atom stereocenters. The van der Waals surface area contributed by atoms with Gasteiger partial charge in [-0.15, -0.1) is 0 Å². The molecule has 0 radical (unpaired) electrons. The summed E-state index contributed by atoms with van der Waals surface area (Å²) in [7, 11) is 0. The lowest BCUT2D eigenvalue weighted by Gasteiger charge is -2.11.